The van der Waals surface area contributed by atoms with Crippen molar-refractivity contribution in [2.75, 3.05) is 0 Å². The highest BCUT2D eigenvalue weighted by Gasteiger charge is 2.32. The van der Waals surface area contributed by atoms with E-state index in [1.807, 2.05) is 55.5 Å². The number of rotatable bonds is 7. The third kappa shape index (κ3) is 6.18. The second kappa shape index (κ2) is 10.2. The van der Waals surface area contributed by atoms with Crippen LogP contribution in [0.1, 0.15) is 56.6 Å². The fraction of sp³-hybridized carbons (Fsp3) is 0.440. The summed E-state index contributed by atoms with van der Waals surface area (Å²) in [7, 11) is 0. The molecular weight excluding hydrogens is 364 g/mol. The molecule has 1 aliphatic carbocycles. The zero-order chi connectivity index (χ0) is 20.6. The van der Waals surface area contributed by atoms with Crippen molar-refractivity contribution in [3.05, 3.63) is 59.7 Å². The van der Waals surface area contributed by atoms with Gasteiger partial charge in [-0.3, -0.25) is 9.59 Å². The van der Waals surface area contributed by atoms with Gasteiger partial charge in [-0.15, -0.1) is 0 Å². The Morgan fingerprint density at radius 2 is 1.24 bits per heavy atom. The van der Waals surface area contributed by atoms with E-state index in [9.17, 15) is 9.59 Å². The first-order valence-electron chi connectivity index (χ1n) is 10.6. The first-order chi connectivity index (χ1) is 14.0. The molecule has 0 spiro atoms. The van der Waals surface area contributed by atoms with Gasteiger partial charge in [0.15, 0.2) is 0 Å². The highest BCUT2D eigenvalue weighted by Crippen LogP contribution is 2.31. The van der Waals surface area contributed by atoms with Crippen LogP contribution in [0, 0.1) is 18.8 Å². The molecule has 154 valence electrons. The summed E-state index contributed by atoms with van der Waals surface area (Å²) in [5.41, 5.74) is 2.39. The monoisotopic (exact) mass is 394 g/mol. The second-order valence-electron chi connectivity index (χ2n) is 7.95. The van der Waals surface area contributed by atoms with Gasteiger partial charge in [-0.05, 0) is 75.3 Å². The minimum absolute atomic E-state index is 0.154. The van der Waals surface area contributed by atoms with Crippen molar-refractivity contribution in [2.45, 2.75) is 58.8 Å². The van der Waals surface area contributed by atoms with Crippen LogP contribution in [0.25, 0.3) is 0 Å². The van der Waals surface area contributed by atoms with Crippen molar-refractivity contribution in [2.24, 2.45) is 11.8 Å². The van der Waals surface area contributed by atoms with Crippen LogP contribution < -0.4 is 9.47 Å². The maximum absolute atomic E-state index is 12.5. The molecule has 0 N–H and O–H groups in total. The lowest BCUT2D eigenvalue weighted by atomic mass is 9.82. The van der Waals surface area contributed by atoms with Crippen LogP contribution in [-0.4, -0.2) is 11.9 Å². The lowest BCUT2D eigenvalue weighted by Crippen LogP contribution is -2.30. The molecule has 0 atom stereocenters. The van der Waals surface area contributed by atoms with Gasteiger partial charge in [0, 0.05) is 0 Å². The maximum Gasteiger partial charge on any atom is 0.314 e. The van der Waals surface area contributed by atoms with E-state index in [4.69, 9.17) is 9.47 Å². The molecule has 3 rings (SSSR count). The minimum atomic E-state index is -0.205. The third-order valence-corrected chi connectivity index (χ3v) is 5.59. The summed E-state index contributed by atoms with van der Waals surface area (Å²) in [6.45, 7) is 4.17. The van der Waals surface area contributed by atoms with Crippen molar-refractivity contribution in [1.29, 1.82) is 0 Å². The average Bonchev–Trinajstić information content (AvgIpc) is 2.75. The Kier molecular flexibility index (Phi) is 7.45. The van der Waals surface area contributed by atoms with E-state index in [0.717, 1.165) is 24.8 Å². The van der Waals surface area contributed by atoms with E-state index in [-0.39, 0.29) is 23.8 Å². The van der Waals surface area contributed by atoms with E-state index < -0.39 is 0 Å². The first-order valence-corrected chi connectivity index (χ1v) is 10.6. The molecule has 1 aliphatic rings. The average molecular weight is 395 g/mol. The van der Waals surface area contributed by atoms with E-state index in [0.29, 0.717) is 37.2 Å². The van der Waals surface area contributed by atoms with E-state index in [2.05, 4.69) is 6.92 Å². The number of hydrogen-bond acceptors (Lipinski definition) is 4. The van der Waals surface area contributed by atoms with Crippen molar-refractivity contribution < 1.29 is 19.1 Å². The Bertz CT molecular complexity index is 800. The largest absolute Gasteiger partial charge is 0.426 e. The first kappa shape index (κ1) is 21.1. The zero-order valence-electron chi connectivity index (χ0n) is 17.4. The quantitative estimate of drug-likeness (QED) is 0.449. The summed E-state index contributed by atoms with van der Waals surface area (Å²) in [6, 6.07) is 15.2. The Morgan fingerprint density at radius 1 is 0.793 bits per heavy atom. The summed E-state index contributed by atoms with van der Waals surface area (Å²) in [5, 5.41) is 0. The Balaban J connectivity index is 1.45. The molecule has 0 saturated heterocycles. The fourth-order valence-electron chi connectivity index (χ4n) is 3.68. The van der Waals surface area contributed by atoms with Gasteiger partial charge in [-0.2, -0.15) is 0 Å². The third-order valence-electron chi connectivity index (χ3n) is 5.59. The van der Waals surface area contributed by atoms with Crippen LogP contribution in [0.5, 0.6) is 11.5 Å². The van der Waals surface area contributed by atoms with Crippen LogP contribution in [0.3, 0.4) is 0 Å². The van der Waals surface area contributed by atoms with Crippen LogP contribution in [0.15, 0.2) is 48.5 Å². The molecule has 1 saturated carbocycles. The molecule has 0 radical (unpaired) electrons. The van der Waals surface area contributed by atoms with Crippen LogP contribution in [0.4, 0.5) is 0 Å². The van der Waals surface area contributed by atoms with Gasteiger partial charge < -0.3 is 9.47 Å². The molecule has 29 heavy (non-hydrogen) atoms. The number of aryl methyl sites for hydroxylation is 2. The second-order valence-corrected chi connectivity index (χ2v) is 7.95. The highest BCUT2D eigenvalue weighted by atomic mass is 16.5. The minimum Gasteiger partial charge on any atom is -0.426 e. The van der Waals surface area contributed by atoms with Crippen molar-refractivity contribution in [1.82, 2.24) is 0 Å². The van der Waals surface area contributed by atoms with Crippen molar-refractivity contribution >= 4 is 11.9 Å². The summed E-state index contributed by atoms with van der Waals surface area (Å²) < 4.78 is 11.0. The molecule has 0 aromatic heterocycles. The number of carbonyl (C=O) groups excluding carboxylic acids is 2. The predicted octanol–water partition coefficient (Wildman–Crippen LogP) is 5.66. The molecule has 4 nitrogen and oxygen atoms in total. The molecule has 2 aromatic carbocycles. The molecule has 0 heterocycles. The van der Waals surface area contributed by atoms with Gasteiger partial charge in [0.2, 0.25) is 0 Å². The fourth-order valence-corrected chi connectivity index (χ4v) is 3.68. The van der Waals surface area contributed by atoms with Crippen LogP contribution in [0.2, 0.25) is 0 Å². The number of esters is 2. The molecule has 0 amide bonds. The molecule has 4 heteroatoms. The standard InChI is InChI=1S/C25H30O4/c1-3-4-5-19-8-16-23(17-9-19)29-25(27)21-12-10-20(11-13-21)24(26)28-22-14-6-18(2)7-15-22/h6-9,14-17,20-21H,3-5,10-13H2,1-2H3/t20-,21-. The molecule has 2 aromatic rings. The van der Waals surface area contributed by atoms with Gasteiger partial charge in [0.05, 0.1) is 11.8 Å². The lowest BCUT2D eigenvalue weighted by molar-refractivity contribution is -0.145. The Labute approximate surface area is 173 Å². The lowest BCUT2D eigenvalue weighted by Gasteiger charge is -2.25. The smallest absolute Gasteiger partial charge is 0.314 e. The Morgan fingerprint density at radius 3 is 1.69 bits per heavy atom. The molecule has 1 fully saturated rings. The van der Waals surface area contributed by atoms with Gasteiger partial charge in [-0.25, -0.2) is 0 Å². The van der Waals surface area contributed by atoms with E-state index in [1.165, 1.54) is 5.56 Å². The summed E-state index contributed by atoms with van der Waals surface area (Å²) in [4.78, 5) is 24.9. The van der Waals surface area contributed by atoms with E-state index in [1.54, 1.807) is 0 Å². The molecule has 0 unspecified atom stereocenters. The number of unbranched alkanes of at least 4 members (excludes halogenated alkanes) is 1. The number of ether oxygens (including phenoxy) is 2. The summed E-state index contributed by atoms with van der Waals surface area (Å²) in [5.74, 6) is 0.456. The van der Waals surface area contributed by atoms with E-state index >= 15 is 0 Å². The molecule has 0 aliphatic heterocycles. The van der Waals surface area contributed by atoms with Crippen molar-refractivity contribution in [3.63, 3.8) is 0 Å². The highest BCUT2D eigenvalue weighted by molar-refractivity contribution is 5.77. The summed E-state index contributed by atoms with van der Waals surface area (Å²) in [6.07, 6.45) is 5.99. The number of carbonyl (C=O) groups is 2. The number of benzene rings is 2. The normalized spacial score (nSPS) is 18.8. The maximum atomic E-state index is 12.5. The van der Waals surface area contributed by atoms with Crippen molar-refractivity contribution in [3.8, 4) is 11.5 Å². The predicted molar refractivity (Wildman–Crippen MR) is 113 cm³/mol. The Hall–Kier alpha value is -2.62. The summed E-state index contributed by atoms with van der Waals surface area (Å²) >= 11 is 0. The molecular formula is C25H30O4. The van der Waals surface area contributed by atoms with Crippen LogP contribution >= 0.6 is 0 Å². The zero-order valence-corrected chi connectivity index (χ0v) is 17.4. The molecule has 0 bridgehead atoms. The van der Waals surface area contributed by atoms with Gasteiger partial charge in [-0.1, -0.05) is 43.2 Å². The van der Waals surface area contributed by atoms with Crippen LogP contribution in [-0.2, 0) is 16.0 Å². The van der Waals surface area contributed by atoms with Gasteiger partial charge in [0.1, 0.15) is 11.5 Å². The number of hydrogen-bond donors (Lipinski definition) is 0. The van der Waals surface area contributed by atoms with Gasteiger partial charge in [0.25, 0.3) is 0 Å². The topological polar surface area (TPSA) is 52.6 Å². The van der Waals surface area contributed by atoms with Gasteiger partial charge >= 0.3 is 11.9 Å². The SMILES string of the molecule is CCCCc1ccc(OC(=O)[C@H]2CC[C@H](C(=O)Oc3ccc(C)cc3)CC2)cc1.